The fourth-order valence-corrected chi connectivity index (χ4v) is 1.89. The van der Waals surface area contributed by atoms with E-state index >= 15 is 0 Å². The van der Waals surface area contributed by atoms with Gasteiger partial charge in [-0.05, 0) is 18.7 Å². The van der Waals surface area contributed by atoms with E-state index in [0.717, 1.165) is 17.8 Å². The summed E-state index contributed by atoms with van der Waals surface area (Å²) >= 11 is 6.16. The molecule has 5 heteroatoms. The van der Waals surface area contributed by atoms with Gasteiger partial charge in [0.05, 0.1) is 6.54 Å². The number of halogens is 1. The molecule has 1 amide bonds. The Morgan fingerprint density at radius 2 is 2.24 bits per heavy atom. The maximum Gasteiger partial charge on any atom is 0.236 e. The lowest BCUT2D eigenvalue weighted by Crippen LogP contribution is -2.31. The first-order valence-corrected chi connectivity index (χ1v) is 5.91. The Morgan fingerprint density at radius 1 is 1.53 bits per heavy atom. The Kier molecular flexibility index (Phi) is 5.25. The van der Waals surface area contributed by atoms with Gasteiger partial charge in [0.1, 0.15) is 0 Å². The molecule has 0 saturated heterocycles. The van der Waals surface area contributed by atoms with Crippen molar-refractivity contribution in [2.75, 3.05) is 25.0 Å². The summed E-state index contributed by atoms with van der Waals surface area (Å²) in [6.45, 7) is 3.75. The molecule has 17 heavy (non-hydrogen) atoms. The number of amides is 1. The van der Waals surface area contributed by atoms with Crippen LogP contribution in [0, 0.1) is 0 Å². The Labute approximate surface area is 107 Å². The summed E-state index contributed by atoms with van der Waals surface area (Å²) in [4.78, 5) is 12.7. The van der Waals surface area contributed by atoms with Gasteiger partial charge in [-0.1, -0.05) is 24.6 Å². The third kappa shape index (κ3) is 3.91. The van der Waals surface area contributed by atoms with Crippen LogP contribution in [0.3, 0.4) is 0 Å². The number of benzene rings is 1. The predicted octanol–water partition coefficient (Wildman–Crippen LogP) is 1.37. The van der Waals surface area contributed by atoms with Gasteiger partial charge in [0.25, 0.3) is 0 Å². The molecule has 0 saturated carbocycles. The number of anilines is 1. The van der Waals surface area contributed by atoms with Gasteiger partial charge in [0, 0.05) is 29.9 Å². The second kappa shape index (κ2) is 6.47. The van der Waals surface area contributed by atoms with Gasteiger partial charge in [-0.2, -0.15) is 0 Å². The van der Waals surface area contributed by atoms with E-state index in [2.05, 4.69) is 5.32 Å². The molecule has 0 radical (unpaired) electrons. The van der Waals surface area contributed by atoms with Crippen molar-refractivity contribution in [3.05, 3.63) is 28.8 Å². The van der Waals surface area contributed by atoms with E-state index < -0.39 is 0 Å². The first-order chi connectivity index (χ1) is 8.06. The first kappa shape index (κ1) is 13.8. The lowest BCUT2D eigenvalue weighted by Gasteiger charge is -2.22. The summed E-state index contributed by atoms with van der Waals surface area (Å²) < 4.78 is 0. The molecule has 0 aliphatic heterocycles. The highest BCUT2D eigenvalue weighted by Gasteiger charge is 2.11. The zero-order valence-electron chi connectivity index (χ0n) is 10.2. The van der Waals surface area contributed by atoms with Crippen molar-refractivity contribution in [1.29, 1.82) is 0 Å². The van der Waals surface area contributed by atoms with Crippen molar-refractivity contribution in [2.24, 2.45) is 5.73 Å². The van der Waals surface area contributed by atoms with Gasteiger partial charge in [-0.25, -0.2) is 0 Å². The van der Waals surface area contributed by atoms with Crippen LogP contribution in [0.5, 0.6) is 0 Å². The van der Waals surface area contributed by atoms with Gasteiger partial charge in [-0.3, -0.25) is 4.79 Å². The van der Waals surface area contributed by atoms with Gasteiger partial charge >= 0.3 is 0 Å². The number of nitrogens with one attached hydrogen (secondary N) is 1. The van der Waals surface area contributed by atoms with Gasteiger partial charge < -0.3 is 16.0 Å². The second-order valence-electron chi connectivity index (χ2n) is 3.84. The molecule has 0 aliphatic rings. The molecule has 1 aromatic carbocycles. The molecule has 0 bridgehead atoms. The van der Waals surface area contributed by atoms with Crippen LogP contribution in [0.4, 0.5) is 5.69 Å². The quantitative estimate of drug-likeness (QED) is 0.807. The van der Waals surface area contributed by atoms with Crippen LogP contribution in [0.1, 0.15) is 12.5 Å². The fourth-order valence-electron chi connectivity index (χ4n) is 1.65. The third-order valence-electron chi connectivity index (χ3n) is 2.45. The molecule has 0 unspecified atom stereocenters. The van der Waals surface area contributed by atoms with Crippen LogP contribution in [-0.2, 0) is 11.3 Å². The highest BCUT2D eigenvalue weighted by molar-refractivity contribution is 6.31. The Hall–Kier alpha value is -1.26. The minimum absolute atomic E-state index is 0.180. The summed E-state index contributed by atoms with van der Waals surface area (Å²) in [5, 5.41) is 3.92. The smallest absolute Gasteiger partial charge is 0.236 e. The molecule has 3 N–H and O–H groups in total. The molecule has 0 heterocycles. The van der Waals surface area contributed by atoms with Crippen LogP contribution in [0.15, 0.2) is 18.2 Å². The number of primary amides is 1. The number of carbonyl (C=O) groups is 1. The number of hydrogen-bond donors (Lipinski definition) is 2. The van der Waals surface area contributed by atoms with E-state index in [4.69, 9.17) is 17.3 Å². The first-order valence-electron chi connectivity index (χ1n) is 5.53. The molecule has 4 nitrogen and oxygen atoms in total. The van der Waals surface area contributed by atoms with Crippen molar-refractivity contribution in [3.8, 4) is 0 Å². The average Bonchev–Trinajstić information content (AvgIpc) is 2.26. The average molecular weight is 256 g/mol. The minimum atomic E-state index is -0.359. The Balaban J connectivity index is 2.96. The maximum absolute atomic E-state index is 10.9. The number of hydrogen-bond acceptors (Lipinski definition) is 3. The highest BCUT2D eigenvalue weighted by atomic mass is 35.5. The van der Waals surface area contributed by atoms with E-state index in [1.165, 1.54) is 0 Å². The topological polar surface area (TPSA) is 58.4 Å². The highest BCUT2D eigenvalue weighted by Crippen LogP contribution is 2.26. The van der Waals surface area contributed by atoms with Crippen molar-refractivity contribution in [1.82, 2.24) is 5.32 Å². The third-order valence-corrected chi connectivity index (χ3v) is 2.80. The molecule has 0 spiro atoms. The van der Waals surface area contributed by atoms with Gasteiger partial charge in [-0.15, -0.1) is 0 Å². The van der Waals surface area contributed by atoms with E-state index in [1.807, 2.05) is 32.2 Å². The zero-order chi connectivity index (χ0) is 12.8. The largest absolute Gasteiger partial charge is 0.368 e. The van der Waals surface area contributed by atoms with E-state index in [0.29, 0.717) is 11.6 Å². The van der Waals surface area contributed by atoms with Crippen LogP contribution in [0.2, 0.25) is 5.02 Å². The molecule has 0 aromatic heterocycles. The van der Waals surface area contributed by atoms with Crippen molar-refractivity contribution >= 4 is 23.2 Å². The molecule has 0 aliphatic carbocycles. The molecule has 1 aromatic rings. The summed E-state index contributed by atoms with van der Waals surface area (Å²) in [5.74, 6) is -0.359. The zero-order valence-corrected chi connectivity index (χ0v) is 10.9. The molecule has 0 fully saturated rings. The number of carbonyl (C=O) groups excluding carboxylic acids is 1. The summed E-state index contributed by atoms with van der Waals surface area (Å²) in [5.41, 5.74) is 7.10. The van der Waals surface area contributed by atoms with E-state index in [-0.39, 0.29) is 12.5 Å². The number of likely N-dealkylation sites (N-methyl/N-ethyl adjacent to an activating group) is 1. The van der Waals surface area contributed by atoms with E-state index in [1.54, 1.807) is 4.90 Å². The monoisotopic (exact) mass is 255 g/mol. The summed E-state index contributed by atoms with van der Waals surface area (Å²) in [7, 11) is 1.83. The molecule has 1 rings (SSSR count). The fraction of sp³-hybridized carbons (Fsp3) is 0.417. The lowest BCUT2D eigenvalue weighted by molar-refractivity contribution is -0.116. The Bertz CT molecular complexity index is 395. The number of nitrogens with zero attached hydrogens (tertiary/aromatic N) is 1. The minimum Gasteiger partial charge on any atom is -0.368 e. The molecular weight excluding hydrogens is 238 g/mol. The van der Waals surface area contributed by atoms with Gasteiger partial charge in [0.2, 0.25) is 5.91 Å². The standard InChI is InChI=1S/C12H18ClN3O/c1-3-15-7-9-10(13)5-4-6-11(9)16(2)8-12(14)17/h4-6,15H,3,7-8H2,1-2H3,(H2,14,17). The lowest BCUT2D eigenvalue weighted by atomic mass is 10.1. The Morgan fingerprint density at radius 3 is 2.82 bits per heavy atom. The SMILES string of the molecule is CCNCc1c(Cl)cccc1N(C)CC(N)=O. The van der Waals surface area contributed by atoms with Crippen molar-refractivity contribution < 1.29 is 4.79 Å². The number of nitrogens with two attached hydrogens (primary N) is 1. The molecular formula is C12H18ClN3O. The maximum atomic E-state index is 10.9. The number of rotatable bonds is 6. The van der Waals surface area contributed by atoms with Crippen LogP contribution >= 0.6 is 11.6 Å². The summed E-state index contributed by atoms with van der Waals surface area (Å²) in [6.07, 6.45) is 0. The normalized spacial score (nSPS) is 10.3. The molecule has 0 atom stereocenters. The molecule has 94 valence electrons. The van der Waals surface area contributed by atoms with Crippen LogP contribution in [0.25, 0.3) is 0 Å². The van der Waals surface area contributed by atoms with Crippen molar-refractivity contribution in [2.45, 2.75) is 13.5 Å². The van der Waals surface area contributed by atoms with Crippen LogP contribution in [-0.4, -0.2) is 26.0 Å². The van der Waals surface area contributed by atoms with Crippen LogP contribution < -0.4 is 16.0 Å². The summed E-state index contributed by atoms with van der Waals surface area (Å²) in [6, 6.07) is 5.64. The predicted molar refractivity (Wildman–Crippen MR) is 71.3 cm³/mol. The van der Waals surface area contributed by atoms with Crippen molar-refractivity contribution in [3.63, 3.8) is 0 Å². The van der Waals surface area contributed by atoms with E-state index in [9.17, 15) is 4.79 Å². The second-order valence-corrected chi connectivity index (χ2v) is 4.25. The van der Waals surface area contributed by atoms with Gasteiger partial charge in [0.15, 0.2) is 0 Å².